The van der Waals surface area contributed by atoms with Crippen molar-refractivity contribution in [2.75, 3.05) is 39.8 Å². The third kappa shape index (κ3) is 15.8. The molecule has 2 amide bonds. The second-order valence-electron chi connectivity index (χ2n) is 26.0. The van der Waals surface area contributed by atoms with E-state index in [1.807, 2.05) is 67.6 Å². The van der Waals surface area contributed by atoms with Gasteiger partial charge in [-0.05, 0) is 137 Å². The summed E-state index contributed by atoms with van der Waals surface area (Å²) in [6.45, 7) is 12.2. The van der Waals surface area contributed by atoms with Crippen molar-refractivity contribution in [3.8, 4) is 22.3 Å². The van der Waals surface area contributed by atoms with Crippen LogP contribution in [-0.2, 0) is 49.5 Å². The largest absolute Gasteiger partial charge is 0.456 e. The highest BCUT2D eigenvalue weighted by molar-refractivity contribution is 6.39. The topological polar surface area (TPSA) is 249 Å². The number of cyclic esters (lactones) is 1. The first-order chi connectivity index (χ1) is 42.1. The zero-order valence-electron chi connectivity index (χ0n) is 51.9. The number of nitrogens with zero attached hydrogens (tertiary/aromatic N) is 4. The van der Waals surface area contributed by atoms with Gasteiger partial charge in [-0.25, -0.2) is 9.78 Å². The number of unbranched alkanes of at least 4 members (excludes halogenated alkanes) is 1. The predicted octanol–water partition coefficient (Wildman–Crippen LogP) is 8.98. The van der Waals surface area contributed by atoms with E-state index in [2.05, 4.69) is 40.2 Å². The Kier molecular flexibility index (Phi) is 22.5. The number of piperazine rings is 1. The molecule has 9 rings (SSSR count). The Morgan fingerprint density at radius 2 is 1.64 bits per heavy atom. The molecule has 6 heterocycles. The number of rotatable bonds is 13. The Morgan fingerprint density at radius 1 is 0.875 bits per heavy atom. The van der Waals surface area contributed by atoms with E-state index in [0.717, 1.165) is 63.4 Å². The number of pyridine rings is 1. The van der Waals surface area contributed by atoms with Gasteiger partial charge in [0.1, 0.15) is 29.9 Å². The minimum Gasteiger partial charge on any atom is -0.456 e. The number of carbonyl (C=O) groups is 6. The molecule has 476 valence electrons. The number of ether oxygens (including phenoxy) is 3. The second-order valence-corrected chi connectivity index (χ2v) is 26.4. The van der Waals surface area contributed by atoms with Gasteiger partial charge in [0.15, 0.2) is 0 Å². The number of esters is 1. The van der Waals surface area contributed by atoms with Crippen molar-refractivity contribution >= 4 is 58.3 Å². The van der Waals surface area contributed by atoms with E-state index in [4.69, 9.17) is 30.8 Å². The van der Waals surface area contributed by atoms with Crippen molar-refractivity contribution in [3.05, 3.63) is 101 Å². The lowest BCUT2D eigenvalue weighted by Crippen LogP contribution is -2.63. The molecule has 0 unspecified atom stereocenters. The summed E-state index contributed by atoms with van der Waals surface area (Å²) in [7, 11) is 1.55. The lowest BCUT2D eigenvalue weighted by atomic mass is 9.78. The van der Waals surface area contributed by atoms with Crippen LogP contribution in [0.25, 0.3) is 33.3 Å². The number of aromatic amines is 1. The van der Waals surface area contributed by atoms with Crippen LogP contribution in [0.1, 0.15) is 130 Å². The Bertz CT molecular complexity index is 3180. The number of allylic oxidation sites excluding steroid dienone is 3. The number of Topliss-reactive ketones (excluding diaryl/α,β-unsaturated/α-hetero) is 2. The summed E-state index contributed by atoms with van der Waals surface area (Å²) in [5.74, 6) is -9.92. The van der Waals surface area contributed by atoms with Gasteiger partial charge in [-0.1, -0.05) is 92.9 Å². The molecule has 4 aliphatic heterocycles. The van der Waals surface area contributed by atoms with Gasteiger partial charge in [-0.2, -0.15) is 0 Å². The zero-order valence-corrected chi connectivity index (χ0v) is 52.6. The van der Waals surface area contributed by atoms with Crippen LogP contribution in [0.4, 0.5) is 0 Å². The van der Waals surface area contributed by atoms with Gasteiger partial charge < -0.3 is 54.2 Å². The normalized spacial score (nSPS) is 32.0. The van der Waals surface area contributed by atoms with Crippen molar-refractivity contribution in [1.82, 2.24) is 24.7 Å². The van der Waals surface area contributed by atoms with E-state index in [1.54, 1.807) is 21.0 Å². The summed E-state index contributed by atoms with van der Waals surface area (Å²) in [6, 6.07) is 17.2. The molecule has 4 fully saturated rings. The van der Waals surface area contributed by atoms with E-state index in [9.17, 15) is 49.2 Å². The fourth-order valence-corrected chi connectivity index (χ4v) is 14.4. The highest BCUT2D eigenvalue weighted by atomic mass is 35.5. The fourth-order valence-electron chi connectivity index (χ4n) is 14.2. The minimum atomic E-state index is -2.71. The molecular formula is C69H90ClN5O13. The molecule has 2 aromatic heterocycles. The van der Waals surface area contributed by atoms with Crippen molar-refractivity contribution < 1.29 is 63.4 Å². The summed E-state index contributed by atoms with van der Waals surface area (Å²) in [5, 5.41) is 48.2. The Labute approximate surface area is 522 Å². The standard InChI is InChI=1S/C69H90ClN5O13/c1-41-28-42(2)30-60(80)64-52(40-76)32-44(4)69(85,88-64)65(82)67(83)75-23-10-9-15-56(75)68(84)87-63(43(3)31-47-19-22-57(77)61(33-47)86-6)45(5)58(78)36-59(79)50(29-41)12-7-8-16-62(81)74-26-24-73(25-27-74)39-46-17-20-48(21-18-46)51-35-54-55(38-72-66(54)71-37-51)49-13-11-14-53(70)34-49/h11,13-14,17-18,20-21,29,31,34-35,37-38,40,42,44-45,47,50,52,56-58,60-61,63-64,77-78,80,85H,7-10,12,15-16,19,22-28,30,32-33,36,39H2,1-6H3,(H,71,72)/b41-29+,43-31+/t42-,44+,45+,47-,50+,52+,56-,57+,58-,60-,61+,63+,64-,69+/m0/s1. The molecule has 3 saturated heterocycles. The van der Waals surface area contributed by atoms with E-state index in [0.29, 0.717) is 94.2 Å². The van der Waals surface area contributed by atoms with Crippen molar-refractivity contribution in [2.24, 2.45) is 35.5 Å². The number of amides is 2. The highest BCUT2D eigenvalue weighted by Crippen LogP contribution is 2.41. The van der Waals surface area contributed by atoms with Crippen LogP contribution >= 0.6 is 11.6 Å². The molecule has 4 aromatic rings. The number of fused-ring (bicyclic) bond motifs is 4. The number of benzene rings is 2. The molecule has 5 N–H and O–H groups in total. The summed E-state index contributed by atoms with van der Waals surface area (Å²) in [6.07, 6.45) is 6.95. The first-order valence-electron chi connectivity index (χ1n) is 31.8. The van der Waals surface area contributed by atoms with Crippen LogP contribution in [0, 0.1) is 35.5 Å². The molecule has 5 aliphatic rings. The number of piperidine rings is 1. The lowest BCUT2D eigenvalue weighted by molar-refractivity contribution is -0.286. The maximum absolute atomic E-state index is 14.7. The predicted molar refractivity (Wildman–Crippen MR) is 334 cm³/mol. The molecule has 18 nitrogen and oxygen atoms in total. The van der Waals surface area contributed by atoms with E-state index < -0.39 is 89.8 Å². The number of aromatic nitrogens is 2. The highest BCUT2D eigenvalue weighted by Gasteiger charge is 2.56. The lowest BCUT2D eigenvalue weighted by Gasteiger charge is -2.45. The second kappa shape index (κ2) is 29.8. The minimum absolute atomic E-state index is 0.00229. The van der Waals surface area contributed by atoms with Crippen LogP contribution in [0.2, 0.25) is 5.02 Å². The number of H-pyrrole nitrogens is 1. The molecule has 0 radical (unpaired) electrons. The number of carbonyl (C=O) groups excluding carboxylic acids is 6. The first-order valence-corrected chi connectivity index (χ1v) is 32.2. The fraction of sp³-hybridized carbons (Fsp3) is 0.580. The number of nitrogens with one attached hydrogen (secondary N) is 1. The van der Waals surface area contributed by atoms with E-state index in [-0.39, 0.29) is 55.8 Å². The van der Waals surface area contributed by atoms with Crippen LogP contribution in [0.5, 0.6) is 0 Å². The molecule has 19 heteroatoms. The first kappa shape index (κ1) is 66.5. The Balaban J connectivity index is 0.865. The molecule has 88 heavy (non-hydrogen) atoms. The number of methoxy groups -OCH3 is 1. The van der Waals surface area contributed by atoms with E-state index in [1.165, 1.54) is 12.5 Å². The number of aliphatic hydroxyl groups excluding tert-OH is 3. The molecule has 0 spiro atoms. The third-order valence-electron chi connectivity index (χ3n) is 19.4. The van der Waals surface area contributed by atoms with Gasteiger partial charge in [0.25, 0.3) is 11.7 Å². The zero-order chi connectivity index (χ0) is 63.0. The maximum Gasteiger partial charge on any atom is 0.329 e. The summed E-state index contributed by atoms with van der Waals surface area (Å²) in [4.78, 5) is 97.6. The molecule has 14 atom stereocenters. The third-order valence-corrected chi connectivity index (χ3v) is 19.6. The SMILES string of the molecule is CO[C@@H]1C[C@H](/C=C(\C)[C@H]2OC(=O)[C@@H]3CCCCN3C(=O)C(=O)[C@]3(O)O[C@H]([C@@H](O)C[C@@H](C)C/C(C)=C/[C@@H](CCCCC(=O)N4CCN(Cc5ccc(-c6cnc7[nH]cc(-c8cccc(Cl)c8)c7c6)cc5)CC4)C(=O)C[C@H](O)[C@H]2C)[C@@H](C=O)C[C@H]3C)CC[C@H]1O. The summed E-state index contributed by atoms with van der Waals surface area (Å²) < 4.78 is 18.0. The number of hydrogen-bond donors (Lipinski definition) is 5. The molecule has 2 bridgehead atoms. The van der Waals surface area contributed by atoms with Crippen LogP contribution in [0.15, 0.2) is 90.3 Å². The molecule has 1 aliphatic carbocycles. The number of hydrogen-bond acceptors (Lipinski definition) is 15. The summed E-state index contributed by atoms with van der Waals surface area (Å²) >= 11 is 6.32. The van der Waals surface area contributed by atoms with Gasteiger partial charge in [-0.15, -0.1) is 0 Å². The van der Waals surface area contributed by atoms with Crippen LogP contribution in [0.3, 0.4) is 0 Å². The monoisotopic (exact) mass is 1230 g/mol. The van der Waals surface area contributed by atoms with Gasteiger partial charge >= 0.3 is 5.97 Å². The average molecular weight is 1230 g/mol. The average Bonchev–Trinajstić information content (AvgIpc) is 0.996. The Morgan fingerprint density at radius 3 is 2.36 bits per heavy atom. The van der Waals surface area contributed by atoms with Gasteiger partial charge in [0, 0.05) is 117 Å². The Hall–Kier alpha value is -5.96. The van der Waals surface area contributed by atoms with Crippen molar-refractivity contribution in [2.45, 2.75) is 180 Å². The van der Waals surface area contributed by atoms with E-state index >= 15 is 0 Å². The van der Waals surface area contributed by atoms with Gasteiger partial charge in [-0.3, -0.25) is 24.1 Å². The van der Waals surface area contributed by atoms with Crippen molar-refractivity contribution in [3.63, 3.8) is 0 Å². The number of ketones is 2. The number of aliphatic hydroxyl groups is 4. The number of aldehydes is 1. The molecular weight excluding hydrogens is 1140 g/mol. The molecule has 1 saturated carbocycles. The smallest absolute Gasteiger partial charge is 0.329 e. The number of halogens is 1. The maximum atomic E-state index is 14.7. The van der Waals surface area contributed by atoms with Crippen molar-refractivity contribution in [1.29, 1.82) is 0 Å². The van der Waals surface area contributed by atoms with Crippen LogP contribution < -0.4 is 0 Å². The summed E-state index contributed by atoms with van der Waals surface area (Å²) in [5.41, 5.74) is 7.53. The van der Waals surface area contributed by atoms with Gasteiger partial charge in [0.2, 0.25) is 11.7 Å². The quantitative estimate of drug-likeness (QED) is 0.0275. The van der Waals surface area contributed by atoms with Gasteiger partial charge in [0.05, 0.1) is 30.5 Å². The molecule has 2 aromatic carbocycles. The van der Waals surface area contributed by atoms with Crippen LogP contribution in [-0.4, -0.2) is 169 Å².